The lowest BCUT2D eigenvalue weighted by Crippen LogP contribution is -2.28. The van der Waals surface area contributed by atoms with Gasteiger partial charge < -0.3 is 10.0 Å². The number of carbonyl (C=O) groups excluding carboxylic acids is 1. The number of carboxylic acids is 1. The summed E-state index contributed by atoms with van der Waals surface area (Å²) < 4.78 is 37.5. The molecule has 23 heavy (non-hydrogen) atoms. The van der Waals surface area contributed by atoms with Crippen LogP contribution in [-0.2, 0) is 15.8 Å². The minimum absolute atomic E-state index is 0.158. The molecule has 0 saturated carbocycles. The van der Waals surface area contributed by atoms with Gasteiger partial charge in [0.05, 0.1) is 11.5 Å². The van der Waals surface area contributed by atoms with Crippen molar-refractivity contribution in [2.45, 2.75) is 19.5 Å². The second-order valence-electron chi connectivity index (χ2n) is 5.51. The molecule has 1 unspecified atom stereocenters. The third kappa shape index (κ3) is 4.12. The molecule has 2 rings (SSSR count). The topological polar surface area (TPSA) is 57.6 Å². The number of carbonyl (C=O) groups is 2. The molecule has 1 heterocycles. The minimum atomic E-state index is -4.40. The highest BCUT2D eigenvalue weighted by Crippen LogP contribution is 2.30. The number of nitrogens with zero attached hydrogens (tertiary/aromatic N) is 1. The van der Waals surface area contributed by atoms with Gasteiger partial charge >= 0.3 is 12.1 Å². The Morgan fingerprint density at radius 2 is 1.87 bits per heavy atom. The van der Waals surface area contributed by atoms with Gasteiger partial charge in [0.15, 0.2) is 0 Å². The first kappa shape index (κ1) is 17.1. The average Bonchev–Trinajstić information content (AvgIpc) is 2.96. The maximum atomic E-state index is 12.5. The normalized spacial score (nSPS) is 19.0. The third-order valence-corrected chi connectivity index (χ3v) is 3.86. The van der Waals surface area contributed by atoms with E-state index in [1.807, 2.05) is 0 Å². The van der Waals surface area contributed by atoms with Crippen molar-refractivity contribution in [3.8, 4) is 0 Å². The number of carboxylic acid groups (broad SMARTS) is 1. The van der Waals surface area contributed by atoms with Crippen molar-refractivity contribution in [2.75, 3.05) is 13.1 Å². The predicted octanol–water partition coefficient (Wildman–Crippen LogP) is 3.04. The second kappa shape index (κ2) is 6.44. The largest absolute Gasteiger partial charge is 0.481 e. The van der Waals surface area contributed by atoms with E-state index in [2.05, 4.69) is 0 Å². The van der Waals surface area contributed by atoms with Crippen molar-refractivity contribution in [3.63, 3.8) is 0 Å². The van der Waals surface area contributed by atoms with Crippen LogP contribution in [-0.4, -0.2) is 35.0 Å². The fourth-order valence-electron chi connectivity index (χ4n) is 2.44. The molecule has 124 valence electrons. The molecule has 1 N–H and O–H groups in total. The smallest absolute Gasteiger partial charge is 0.416 e. The molecule has 1 atom stereocenters. The monoisotopic (exact) mass is 327 g/mol. The molecule has 1 amide bonds. The number of benzene rings is 1. The summed E-state index contributed by atoms with van der Waals surface area (Å²) in [5.74, 6) is -1.81. The number of halogens is 3. The predicted molar refractivity (Wildman–Crippen MR) is 77.4 cm³/mol. The van der Waals surface area contributed by atoms with E-state index in [-0.39, 0.29) is 12.5 Å². The molecular formula is C16H16F3NO3. The molecule has 1 aliphatic rings. The van der Waals surface area contributed by atoms with Gasteiger partial charge in [0.2, 0.25) is 5.91 Å². The zero-order valence-electron chi connectivity index (χ0n) is 12.4. The Kier molecular flexibility index (Phi) is 4.77. The molecule has 0 aliphatic carbocycles. The van der Waals surface area contributed by atoms with Crippen LogP contribution in [0.15, 0.2) is 30.3 Å². The van der Waals surface area contributed by atoms with E-state index in [9.17, 15) is 22.8 Å². The van der Waals surface area contributed by atoms with Crippen LogP contribution in [0.1, 0.15) is 24.5 Å². The van der Waals surface area contributed by atoms with Gasteiger partial charge in [-0.05, 0) is 36.6 Å². The lowest BCUT2D eigenvalue weighted by Gasteiger charge is -2.14. The lowest BCUT2D eigenvalue weighted by molar-refractivity contribution is -0.141. The summed E-state index contributed by atoms with van der Waals surface area (Å²) in [6.07, 6.45) is -2.66. The van der Waals surface area contributed by atoms with Crippen molar-refractivity contribution in [2.24, 2.45) is 5.92 Å². The van der Waals surface area contributed by atoms with Gasteiger partial charge in [0, 0.05) is 19.2 Å². The Hall–Kier alpha value is -2.31. The fraction of sp³-hybridized carbons (Fsp3) is 0.375. The van der Waals surface area contributed by atoms with Gasteiger partial charge in [-0.2, -0.15) is 13.2 Å². The zero-order chi connectivity index (χ0) is 17.2. The number of amides is 1. The van der Waals surface area contributed by atoms with Crippen molar-refractivity contribution < 1.29 is 27.9 Å². The van der Waals surface area contributed by atoms with Crippen LogP contribution >= 0.6 is 0 Å². The molecule has 1 aromatic carbocycles. The highest BCUT2D eigenvalue weighted by molar-refractivity contribution is 5.95. The quantitative estimate of drug-likeness (QED) is 0.868. The van der Waals surface area contributed by atoms with E-state index in [1.54, 1.807) is 6.92 Å². The number of alkyl halides is 3. The maximum absolute atomic E-state index is 12.5. The molecule has 1 aromatic rings. The van der Waals surface area contributed by atoms with Crippen molar-refractivity contribution in [1.82, 2.24) is 4.90 Å². The molecule has 0 aromatic heterocycles. The number of aliphatic carboxylic acids is 1. The van der Waals surface area contributed by atoms with Gasteiger partial charge in [-0.25, -0.2) is 0 Å². The van der Waals surface area contributed by atoms with Gasteiger partial charge in [0.1, 0.15) is 0 Å². The zero-order valence-corrected chi connectivity index (χ0v) is 12.4. The molecule has 0 spiro atoms. The van der Waals surface area contributed by atoms with Crippen LogP contribution in [0.5, 0.6) is 0 Å². The Morgan fingerprint density at radius 3 is 2.35 bits per heavy atom. The van der Waals surface area contributed by atoms with E-state index in [0.717, 1.165) is 12.1 Å². The average molecular weight is 327 g/mol. The van der Waals surface area contributed by atoms with Crippen molar-refractivity contribution in [3.05, 3.63) is 41.5 Å². The Morgan fingerprint density at radius 1 is 1.26 bits per heavy atom. The fourth-order valence-corrected chi connectivity index (χ4v) is 2.44. The Bertz CT molecular complexity index is 635. The number of rotatable bonds is 3. The summed E-state index contributed by atoms with van der Waals surface area (Å²) >= 11 is 0. The summed E-state index contributed by atoms with van der Waals surface area (Å²) in [7, 11) is 0. The first-order chi connectivity index (χ1) is 10.7. The van der Waals surface area contributed by atoms with Crippen LogP contribution in [0.3, 0.4) is 0 Å². The molecule has 0 radical (unpaired) electrons. The molecule has 0 bridgehead atoms. The molecule has 1 aliphatic heterocycles. The molecular weight excluding hydrogens is 311 g/mol. The minimum Gasteiger partial charge on any atom is -0.481 e. The van der Waals surface area contributed by atoms with Crippen LogP contribution in [0.2, 0.25) is 0 Å². The maximum Gasteiger partial charge on any atom is 0.416 e. The summed E-state index contributed by atoms with van der Waals surface area (Å²) in [6.45, 7) is 2.16. The van der Waals surface area contributed by atoms with Crippen molar-refractivity contribution >= 4 is 17.4 Å². The molecule has 1 saturated heterocycles. The number of hydrogen-bond donors (Lipinski definition) is 1. The highest BCUT2D eigenvalue weighted by atomic mass is 19.4. The summed E-state index contributed by atoms with van der Waals surface area (Å²) in [5, 5.41) is 8.92. The third-order valence-electron chi connectivity index (χ3n) is 3.86. The van der Waals surface area contributed by atoms with E-state index in [0.29, 0.717) is 24.1 Å². The van der Waals surface area contributed by atoms with E-state index in [1.165, 1.54) is 23.1 Å². The number of likely N-dealkylation sites (tertiary alicyclic amines) is 1. The second-order valence-corrected chi connectivity index (χ2v) is 5.51. The van der Waals surface area contributed by atoms with Gasteiger partial charge in [-0.3, -0.25) is 9.59 Å². The highest BCUT2D eigenvalue weighted by Gasteiger charge is 2.31. The summed E-state index contributed by atoms with van der Waals surface area (Å²) in [6, 6.07) is 4.55. The lowest BCUT2D eigenvalue weighted by atomic mass is 10.0. The van der Waals surface area contributed by atoms with E-state index < -0.39 is 23.6 Å². The SMILES string of the molecule is C/C(=C\C(=O)N1CCC(C(=O)O)C1)c1ccc(C(F)(F)F)cc1. The van der Waals surface area contributed by atoms with Crippen LogP contribution in [0.25, 0.3) is 5.57 Å². The first-order valence-corrected chi connectivity index (χ1v) is 7.06. The Labute approximate surface area is 131 Å². The van der Waals surface area contributed by atoms with Crippen molar-refractivity contribution in [1.29, 1.82) is 0 Å². The van der Waals surface area contributed by atoms with Crippen LogP contribution < -0.4 is 0 Å². The summed E-state index contributed by atoms with van der Waals surface area (Å²) in [5.41, 5.74) is 0.298. The van der Waals surface area contributed by atoms with Crippen LogP contribution in [0.4, 0.5) is 13.2 Å². The summed E-state index contributed by atoms with van der Waals surface area (Å²) in [4.78, 5) is 24.4. The number of hydrogen-bond acceptors (Lipinski definition) is 2. The standard InChI is InChI=1S/C16H16F3NO3/c1-10(11-2-4-13(5-3-11)16(17,18)19)8-14(21)20-7-6-12(9-20)15(22)23/h2-5,8,12H,6-7,9H2,1H3,(H,22,23)/b10-8+. The molecule has 4 nitrogen and oxygen atoms in total. The van der Waals surface area contributed by atoms with E-state index >= 15 is 0 Å². The Balaban J connectivity index is 2.07. The first-order valence-electron chi connectivity index (χ1n) is 7.06. The molecule has 1 fully saturated rings. The van der Waals surface area contributed by atoms with Gasteiger partial charge in [-0.1, -0.05) is 12.1 Å². The van der Waals surface area contributed by atoms with Crippen LogP contribution in [0, 0.1) is 5.92 Å². The van der Waals surface area contributed by atoms with Gasteiger partial charge in [0.25, 0.3) is 0 Å². The van der Waals surface area contributed by atoms with Gasteiger partial charge in [-0.15, -0.1) is 0 Å². The number of allylic oxidation sites excluding steroid dienone is 1. The molecule has 7 heteroatoms. The van der Waals surface area contributed by atoms with E-state index in [4.69, 9.17) is 5.11 Å².